The van der Waals surface area contributed by atoms with Crippen molar-refractivity contribution in [3.8, 4) is 0 Å². The molecule has 5 nitrogen and oxygen atoms in total. The summed E-state index contributed by atoms with van der Waals surface area (Å²) in [6, 6.07) is 7.86. The Bertz CT molecular complexity index is 729. The van der Waals surface area contributed by atoms with Crippen molar-refractivity contribution in [2.75, 3.05) is 0 Å². The second-order valence-corrected chi connectivity index (χ2v) is 6.21. The van der Waals surface area contributed by atoms with Crippen LogP contribution in [0.2, 0.25) is 0 Å². The number of para-hydroxylation sites is 1. The molecule has 1 saturated carbocycles. The van der Waals surface area contributed by atoms with E-state index in [1.807, 2.05) is 35.9 Å². The number of nitrogens with zero attached hydrogens (tertiary/aromatic N) is 1. The van der Waals surface area contributed by atoms with Crippen molar-refractivity contribution in [1.29, 1.82) is 0 Å². The van der Waals surface area contributed by atoms with E-state index in [-0.39, 0.29) is 11.9 Å². The molecule has 0 saturated heterocycles. The number of carbonyl (C=O) groups is 2. The number of hydrogen-bond acceptors (Lipinski definition) is 3. The van der Waals surface area contributed by atoms with E-state index in [4.69, 9.17) is 4.74 Å². The van der Waals surface area contributed by atoms with Crippen molar-refractivity contribution in [1.82, 2.24) is 9.88 Å². The lowest BCUT2D eigenvalue weighted by molar-refractivity contribution is -0.129. The quantitative estimate of drug-likeness (QED) is 0.883. The minimum absolute atomic E-state index is 0.217. The first-order chi connectivity index (χ1) is 11.1. The lowest BCUT2D eigenvalue weighted by Gasteiger charge is -2.17. The molecule has 0 radical (unpaired) electrons. The maximum Gasteiger partial charge on any atom is 0.341 e. The Labute approximate surface area is 135 Å². The van der Waals surface area contributed by atoms with Gasteiger partial charge in [0.2, 0.25) is 0 Å². The van der Waals surface area contributed by atoms with Crippen LogP contribution in [-0.2, 0) is 16.6 Å². The number of aromatic nitrogens is 1. The molecule has 1 aromatic carbocycles. The summed E-state index contributed by atoms with van der Waals surface area (Å²) < 4.78 is 7.25. The van der Waals surface area contributed by atoms with Gasteiger partial charge < -0.3 is 14.6 Å². The third-order valence-electron chi connectivity index (χ3n) is 4.47. The largest absolute Gasteiger partial charge is 0.449 e. The summed E-state index contributed by atoms with van der Waals surface area (Å²) in [6.07, 6.45) is 5.27. The van der Waals surface area contributed by atoms with Crippen LogP contribution in [0.1, 0.15) is 43.0 Å². The number of amides is 1. The summed E-state index contributed by atoms with van der Waals surface area (Å²) in [7, 11) is 1.88. The van der Waals surface area contributed by atoms with Crippen molar-refractivity contribution in [3.63, 3.8) is 0 Å². The Hall–Kier alpha value is -2.30. The molecule has 1 heterocycles. The lowest BCUT2D eigenvalue weighted by atomic mass is 10.2. The van der Waals surface area contributed by atoms with Crippen LogP contribution < -0.4 is 5.32 Å². The Morgan fingerprint density at radius 2 is 1.96 bits per heavy atom. The van der Waals surface area contributed by atoms with Gasteiger partial charge in [-0.2, -0.15) is 0 Å². The lowest BCUT2D eigenvalue weighted by Crippen LogP contribution is -2.40. The number of esters is 1. The van der Waals surface area contributed by atoms with E-state index in [1.165, 1.54) is 0 Å². The predicted molar refractivity (Wildman–Crippen MR) is 88.2 cm³/mol. The first-order valence-corrected chi connectivity index (χ1v) is 8.11. The molecular weight excluding hydrogens is 292 g/mol. The van der Waals surface area contributed by atoms with Gasteiger partial charge in [0.1, 0.15) is 0 Å². The zero-order valence-electron chi connectivity index (χ0n) is 13.5. The zero-order valence-corrected chi connectivity index (χ0v) is 13.5. The number of carbonyl (C=O) groups excluding carboxylic acids is 2. The molecule has 122 valence electrons. The molecular formula is C18H22N2O3. The van der Waals surface area contributed by atoms with Gasteiger partial charge in [-0.3, -0.25) is 4.79 Å². The molecule has 1 aliphatic carbocycles. The van der Waals surface area contributed by atoms with Gasteiger partial charge in [0.05, 0.1) is 5.56 Å². The van der Waals surface area contributed by atoms with Gasteiger partial charge in [-0.15, -0.1) is 0 Å². The van der Waals surface area contributed by atoms with E-state index in [9.17, 15) is 9.59 Å². The van der Waals surface area contributed by atoms with Crippen LogP contribution in [0.25, 0.3) is 10.9 Å². The maximum atomic E-state index is 12.4. The fourth-order valence-electron chi connectivity index (χ4n) is 3.17. The zero-order chi connectivity index (χ0) is 16.4. The molecule has 5 heteroatoms. The highest BCUT2D eigenvalue weighted by molar-refractivity contribution is 6.05. The van der Waals surface area contributed by atoms with E-state index in [1.54, 1.807) is 13.1 Å². The summed E-state index contributed by atoms with van der Waals surface area (Å²) in [5.41, 5.74) is 1.45. The van der Waals surface area contributed by atoms with Crippen LogP contribution in [0.15, 0.2) is 30.5 Å². The number of fused-ring (bicyclic) bond motifs is 1. The minimum Gasteiger partial charge on any atom is -0.449 e. The number of nitrogens with one attached hydrogen (secondary N) is 1. The van der Waals surface area contributed by atoms with Crippen molar-refractivity contribution in [3.05, 3.63) is 36.0 Å². The van der Waals surface area contributed by atoms with Crippen LogP contribution in [0, 0.1) is 0 Å². The molecule has 1 aromatic heterocycles. The molecule has 1 N–H and O–H groups in total. The van der Waals surface area contributed by atoms with Crippen molar-refractivity contribution in [2.24, 2.45) is 7.05 Å². The average molecular weight is 314 g/mol. The van der Waals surface area contributed by atoms with E-state index in [0.29, 0.717) is 5.56 Å². The summed E-state index contributed by atoms with van der Waals surface area (Å²) in [5.74, 6) is -0.679. The highest BCUT2D eigenvalue weighted by atomic mass is 16.5. The minimum atomic E-state index is -0.790. The number of rotatable bonds is 4. The van der Waals surface area contributed by atoms with E-state index in [0.717, 1.165) is 36.6 Å². The molecule has 23 heavy (non-hydrogen) atoms. The average Bonchev–Trinajstić information content (AvgIpc) is 3.16. The SMILES string of the molecule is C[C@H](OC(=O)c1cn(C)c2ccccc12)C(=O)NC1CCCC1. The molecule has 1 fully saturated rings. The van der Waals surface area contributed by atoms with Gasteiger partial charge in [0.25, 0.3) is 5.91 Å². The number of ether oxygens (including phenoxy) is 1. The standard InChI is InChI=1S/C18H22N2O3/c1-12(17(21)19-13-7-3-4-8-13)23-18(22)15-11-20(2)16-10-6-5-9-14(15)16/h5-6,9-13H,3-4,7-8H2,1-2H3,(H,19,21)/t12-/m0/s1. The van der Waals surface area contributed by atoms with Gasteiger partial charge in [-0.05, 0) is 25.8 Å². The van der Waals surface area contributed by atoms with Crippen LogP contribution >= 0.6 is 0 Å². The summed E-state index contributed by atoms with van der Waals surface area (Å²) in [5, 5.41) is 3.79. The smallest absolute Gasteiger partial charge is 0.341 e. The Morgan fingerprint density at radius 3 is 2.70 bits per heavy atom. The Morgan fingerprint density at radius 1 is 1.26 bits per heavy atom. The first kappa shape index (κ1) is 15.6. The number of benzene rings is 1. The van der Waals surface area contributed by atoms with Crippen LogP contribution in [-0.4, -0.2) is 28.6 Å². The Kier molecular flexibility index (Phi) is 4.37. The highest BCUT2D eigenvalue weighted by Gasteiger charge is 2.24. The predicted octanol–water partition coefficient (Wildman–Crippen LogP) is 2.78. The van der Waals surface area contributed by atoms with Gasteiger partial charge in [0.15, 0.2) is 6.10 Å². The molecule has 3 rings (SSSR count). The summed E-state index contributed by atoms with van der Waals surface area (Å²) in [4.78, 5) is 24.5. The topological polar surface area (TPSA) is 60.3 Å². The molecule has 1 atom stereocenters. The first-order valence-electron chi connectivity index (χ1n) is 8.11. The molecule has 0 spiro atoms. The van der Waals surface area contributed by atoms with Crippen LogP contribution in [0.5, 0.6) is 0 Å². The molecule has 0 unspecified atom stereocenters. The molecule has 2 aromatic rings. The van der Waals surface area contributed by atoms with Gasteiger partial charge >= 0.3 is 5.97 Å². The molecule has 1 amide bonds. The van der Waals surface area contributed by atoms with Crippen LogP contribution in [0.3, 0.4) is 0 Å². The normalized spacial score (nSPS) is 16.4. The van der Waals surface area contributed by atoms with Crippen molar-refractivity contribution < 1.29 is 14.3 Å². The second kappa shape index (κ2) is 6.44. The maximum absolute atomic E-state index is 12.4. The van der Waals surface area contributed by atoms with E-state index < -0.39 is 12.1 Å². The van der Waals surface area contributed by atoms with Crippen LogP contribution in [0.4, 0.5) is 0 Å². The Balaban J connectivity index is 1.69. The van der Waals surface area contributed by atoms with Crippen molar-refractivity contribution in [2.45, 2.75) is 44.8 Å². The van der Waals surface area contributed by atoms with Crippen molar-refractivity contribution >= 4 is 22.8 Å². The number of hydrogen-bond donors (Lipinski definition) is 1. The molecule has 1 aliphatic rings. The van der Waals surface area contributed by atoms with Gasteiger partial charge in [-0.1, -0.05) is 31.0 Å². The van der Waals surface area contributed by atoms with E-state index in [2.05, 4.69) is 5.32 Å². The summed E-state index contributed by atoms with van der Waals surface area (Å²) in [6.45, 7) is 1.62. The van der Waals surface area contributed by atoms with E-state index >= 15 is 0 Å². The third-order valence-corrected chi connectivity index (χ3v) is 4.47. The van der Waals surface area contributed by atoms with Gasteiger partial charge in [0, 0.05) is 30.2 Å². The molecule has 0 aliphatic heterocycles. The summed E-state index contributed by atoms with van der Waals surface area (Å²) >= 11 is 0. The highest BCUT2D eigenvalue weighted by Crippen LogP contribution is 2.22. The third kappa shape index (κ3) is 3.23. The fraction of sp³-hybridized carbons (Fsp3) is 0.444. The monoisotopic (exact) mass is 314 g/mol. The molecule has 0 bridgehead atoms. The second-order valence-electron chi connectivity index (χ2n) is 6.21. The fourth-order valence-corrected chi connectivity index (χ4v) is 3.17. The van der Waals surface area contributed by atoms with Gasteiger partial charge in [-0.25, -0.2) is 4.79 Å². The number of aryl methyl sites for hydroxylation is 1.